The summed E-state index contributed by atoms with van der Waals surface area (Å²) in [6.45, 7) is 4.16. The molecule has 0 spiro atoms. The number of halogens is 4. The van der Waals surface area contributed by atoms with E-state index >= 15 is 0 Å². The van der Waals surface area contributed by atoms with Crippen molar-refractivity contribution in [2.24, 2.45) is 5.41 Å². The van der Waals surface area contributed by atoms with Crippen LogP contribution in [-0.4, -0.2) is 33.5 Å². The minimum absolute atomic E-state index is 0.115. The van der Waals surface area contributed by atoms with Gasteiger partial charge in [-0.3, -0.25) is 9.78 Å². The smallest absolute Gasteiger partial charge is 0.367 e. The fourth-order valence-electron chi connectivity index (χ4n) is 2.94. The van der Waals surface area contributed by atoms with E-state index < -0.39 is 23.9 Å². The second-order valence-electron chi connectivity index (χ2n) is 8.71. The Labute approximate surface area is 198 Å². The summed E-state index contributed by atoms with van der Waals surface area (Å²) in [6, 6.07) is 11.4. The van der Waals surface area contributed by atoms with Crippen molar-refractivity contribution in [3.63, 3.8) is 0 Å². The molecule has 0 bridgehead atoms. The molecular formula is C23H24ClF3N4O3. The maximum absolute atomic E-state index is 12.6. The average Bonchev–Trinajstić information content (AvgIpc) is 3.13. The minimum atomic E-state index is -4.39. The van der Waals surface area contributed by atoms with Crippen LogP contribution < -0.4 is 11.0 Å². The molecule has 182 valence electrons. The lowest BCUT2D eigenvalue weighted by Crippen LogP contribution is -2.34. The third-order valence-corrected chi connectivity index (χ3v) is 5.07. The Morgan fingerprint density at radius 2 is 1.76 bits per heavy atom. The van der Waals surface area contributed by atoms with Crippen LogP contribution in [0.3, 0.4) is 0 Å². The monoisotopic (exact) mass is 496 g/mol. The molecule has 11 heteroatoms. The maximum atomic E-state index is 12.6. The zero-order valence-electron chi connectivity index (χ0n) is 18.8. The largest absolute Gasteiger partial charge is 0.411 e. The van der Waals surface area contributed by atoms with Crippen LogP contribution in [0, 0.1) is 5.41 Å². The lowest BCUT2D eigenvalue weighted by Gasteiger charge is -2.17. The first-order valence-corrected chi connectivity index (χ1v) is 10.7. The van der Waals surface area contributed by atoms with Crippen LogP contribution in [0.2, 0.25) is 5.02 Å². The highest BCUT2D eigenvalue weighted by molar-refractivity contribution is 6.32. The lowest BCUT2D eigenvalue weighted by atomic mass is 9.95. The van der Waals surface area contributed by atoms with Gasteiger partial charge in [0.2, 0.25) is 5.91 Å². The summed E-state index contributed by atoms with van der Waals surface area (Å²) in [5.41, 5.74) is 1.11. The number of hydrogen-bond donors (Lipinski definition) is 2. The van der Waals surface area contributed by atoms with E-state index in [1.54, 1.807) is 42.5 Å². The summed E-state index contributed by atoms with van der Waals surface area (Å²) in [5.74, 6) is 0.144. The Balaban J connectivity index is 1.77. The Morgan fingerprint density at radius 1 is 1.12 bits per heavy atom. The summed E-state index contributed by atoms with van der Waals surface area (Å²) in [6.07, 6.45) is -4.39. The molecule has 34 heavy (non-hydrogen) atoms. The molecule has 2 N–H and O–H groups in total. The fraction of sp³-hybridized carbons (Fsp3) is 0.348. The number of alkyl halides is 3. The van der Waals surface area contributed by atoms with Crippen LogP contribution in [0.1, 0.15) is 31.9 Å². The van der Waals surface area contributed by atoms with E-state index in [1.807, 2.05) is 20.8 Å². The summed E-state index contributed by atoms with van der Waals surface area (Å²) in [4.78, 5) is 27.3. The van der Waals surface area contributed by atoms with E-state index in [2.05, 4.69) is 20.1 Å². The first-order valence-electron chi connectivity index (χ1n) is 10.3. The number of carbonyl (C=O) groups excluding carboxylic acids is 1. The molecule has 0 aliphatic carbocycles. The van der Waals surface area contributed by atoms with Gasteiger partial charge in [-0.25, -0.2) is 4.79 Å². The van der Waals surface area contributed by atoms with Crippen molar-refractivity contribution >= 4 is 17.5 Å². The number of nitrogens with zero attached hydrogens (tertiary/aromatic N) is 2. The maximum Gasteiger partial charge on any atom is 0.411 e. The van der Waals surface area contributed by atoms with Gasteiger partial charge in [0, 0.05) is 17.5 Å². The van der Waals surface area contributed by atoms with Gasteiger partial charge in [-0.05, 0) is 23.3 Å². The van der Waals surface area contributed by atoms with E-state index in [4.69, 9.17) is 11.6 Å². The number of aromatic nitrogens is 3. The minimum Gasteiger partial charge on any atom is -0.367 e. The fourth-order valence-corrected chi connectivity index (χ4v) is 3.14. The standard InChI is InChI=1S/C23H24ClF3N4O3/c1-22(2,3)20(32)28-11-15-6-9-17(24)18(10-15)31-21(33)29-19(30-31)16-7-4-14(5-8-16)12-34-13-23(25,26)27/h4-10H,11-13H2,1-3H3,(H,28,32)(H,29,30,33). The number of hydrogen-bond acceptors (Lipinski definition) is 4. The van der Waals surface area contributed by atoms with Gasteiger partial charge in [0.25, 0.3) is 0 Å². The van der Waals surface area contributed by atoms with E-state index in [-0.39, 0.29) is 24.9 Å². The number of amides is 1. The summed E-state index contributed by atoms with van der Waals surface area (Å²) in [5, 5.41) is 7.44. The van der Waals surface area contributed by atoms with Gasteiger partial charge >= 0.3 is 11.9 Å². The number of carbonyl (C=O) groups is 1. The molecule has 3 rings (SSSR count). The molecule has 1 heterocycles. The van der Waals surface area contributed by atoms with Crippen molar-refractivity contribution in [1.29, 1.82) is 0 Å². The molecule has 0 aliphatic heterocycles. The Bertz CT molecular complexity index is 1210. The molecule has 7 nitrogen and oxygen atoms in total. The number of H-pyrrole nitrogens is 1. The first kappa shape index (κ1) is 25.5. The Kier molecular flexibility index (Phi) is 7.52. The van der Waals surface area contributed by atoms with Crippen LogP contribution in [0.4, 0.5) is 13.2 Å². The molecule has 0 saturated heterocycles. The SMILES string of the molecule is CC(C)(C)C(=O)NCc1ccc(Cl)c(-n2nc(-c3ccc(COCC(F)(F)F)cc3)[nH]c2=O)c1. The number of nitrogens with one attached hydrogen (secondary N) is 2. The van der Waals surface area contributed by atoms with Gasteiger partial charge in [-0.2, -0.15) is 17.9 Å². The van der Waals surface area contributed by atoms with Gasteiger partial charge in [0.1, 0.15) is 6.61 Å². The van der Waals surface area contributed by atoms with Crippen molar-refractivity contribution < 1.29 is 22.7 Å². The van der Waals surface area contributed by atoms with Crippen molar-refractivity contribution in [2.75, 3.05) is 6.61 Å². The zero-order chi connectivity index (χ0) is 25.1. The number of aromatic amines is 1. The van der Waals surface area contributed by atoms with Crippen molar-refractivity contribution in [2.45, 2.75) is 40.1 Å². The van der Waals surface area contributed by atoms with Crippen LogP contribution in [0.15, 0.2) is 47.3 Å². The summed E-state index contributed by atoms with van der Waals surface area (Å²) >= 11 is 6.30. The van der Waals surface area contributed by atoms with E-state index in [0.29, 0.717) is 21.8 Å². The average molecular weight is 497 g/mol. The lowest BCUT2D eigenvalue weighted by molar-refractivity contribution is -0.176. The van der Waals surface area contributed by atoms with Crippen molar-refractivity contribution in [3.05, 3.63) is 69.1 Å². The van der Waals surface area contributed by atoms with Crippen LogP contribution >= 0.6 is 11.6 Å². The van der Waals surface area contributed by atoms with Gasteiger partial charge in [0.15, 0.2) is 5.82 Å². The van der Waals surface area contributed by atoms with E-state index in [1.165, 1.54) is 0 Å². The highest BCUT2D eigenvalue weighted by Gasteiger charge is 2.27. The molecule has 0 fully saturated rings. The molecule has 0 unspecified atom stereocenters. The van der Waals surface area contributed by atoms with E-state index in [0.717, 1.165) is 10.2 Å². The number of ether oxygens (including phenoxy) is 1. The van der Waals surface area contributed by atoms with Crippen LogP contribution in [0.5, 0.6) is 0 Å². The highest BCUT2D eigenvalue weighted by atomic mass is 35.5. The molecule has 1 amide bonds. The Morgan fingerprint density at radius 3 is 2.38 bits per heavy atom. The molecule has 0 atom stereocenters. The Hall–Kier alpha value is -3.11. The first-order chi connectivity index (χ1) is 15.8. The quantitative estimate of drug-likeness (QED) is 0.499. The summed E-state index contributed by atoms with van der Waals surface area (Å²) in [7, 11) is 0. The van der Waals surface area contributed by atoms with Gasteiger partial charge < -0.3 is 10.1 Å². The molecule has 0 aliphatic rings. The van der Waals surface area contributed by atoms with Crippen LogP contribution in [0.25, 0.3) is 17.1 Å². The second-order valence-corrected chi connectivity index (χ2v) is 9.12. The van der Waals surface area contributed by atoms with Gasteiger partial charge in [0.05, 0.1) is 17.3 Å². The predicted octanol–water partition coefficient (Wildman–Crippen LogP) is 4.62. The highest BCUT2D eigenvalue weighted by Crippen LogP contribution is 2.23. The molecule has 0 saturated carbocycles. The topological polar surface area (TPSA) is 89.0 Å². The summed E-state index contributed by atoms with van der Waals surface area (Å²) < 4.78 is 42.4. The van der Waals surface area contributed by atoms with Gasteiger partial charge in [-0.1, -0.05) is 62.7 Å². The molecule has 3 aromatic rings. The molecular weight excluding hydrogens is 473 g/mol. The van der Waals surface area contributed by atoms with Crippen LogP contribution in [-0.2, 0) is 22.7 Å². The second kappa shape index (κ2) is 10.0. The third-order valence-electron chi connectivity index (χ3n) is 4.75. The van der Waals surface area contributed by atoms with Gasteiger partial charge in [-0.15, -0.1) is 5.10 Å². The van der Waals surface area contributed by atoms with Crippen molar-refractivity contribution in [1.82, 2.24) is 20.1 Å². The normalized spacial score (nSPS) is 12.1. The number of benzene rings is 2. The molecule has 2 aromatic carbocycles. The zero-order valence-corrected chi connectivity index (χ0v) is 19.5. The molecule has 0 radical (unpaired) electrons. The third kappa shape index (κ3) is 6.71. The molecule has 1 aromatic heterocycles. The van der Waals surface area contributed by atoms with E-state index in [9.17, 15) is 22.8 Å². The van der Waals surface area contributed by atoms with Crippen molar-refractivity contribution in [3.8, 4) is 17.1 Å². The number of rotatable bonds is 7. The predicted molar refractivity (Wildman–Crippen MR) is 122 cm³/mol.